The highest BCUT2D eigenvalue weighted by Crippen LogP contribution is 2.32. The first kappa shape index (κ1) is 19.7. The van der Waals surface area contributed by atoms with Gasteiger partial charge in [0.05, 0.1) is 27.6 Å². The van der Waals surface area contributed by atoms with Crippen LogP contribution < -0.4 is 4.74 Å². The molecule has 1 atom stereocenters. The number of nitrogens with zero attached hydrogens (tertiary/aromatic N) is 3. The monoisotopic (exact) mass is 495 g/mol. The molecule has 8 heteroatoms. The summed E-state index contributed by atoms with van der Waals surface area (Å²) in [6.07, 6.45) is 3.69. The van der Waals surface area contributed by atoms with Crippen LogP contribution in [-0.2, 0) is 6.61 Å². The number of fused-ring (bicyclic) bond motifs is 1. The van der Waals surface area contributed by atoms with E-state index in [0.717, 1.165) is 27.9 Å². The Bertz CT molecular complexity index is 821. The maximum absolute atomic E-state index is 6.10. The fourth-order valence-electron chi connectivity index (χ4n) is 2.13. The zero-order valence-electron chi connectivity index (χ0n) is 13.5. The van der Waals surface area contributed by atoms with Crippen LogP contribution in [0, 0.1) is 6.92 Å². The zero-order valence-corrected chi connectivity index (χ0v) is 18.1. The first-order valence-electron chi connectivity index (χ1n) is 7.37. The number of ether oxygens (including phenoxy) is 1. The maximum atomic E-state index is 6.10. The second-order valence-corrected chi connectivity index (χ2v) is 7.49. The van der Waals surface area contributed by atoms with Crippen LogP contribution in [-0.4, -0.2) is 14.5 Å². The van der Waals surface area contributed by atoms with Crippen molar-refractivity contribution in [2.75, 3.05) is 0 Å². The second-order valence-electron chi connectivity index (χ2n) is 4.63. The van der Waals surface area contributed by atoms with Crippen LogP contribution in [0.3, 0.4) is 0 Å². The van der Waals surface area contributed by atoms with Gasteiger partial charge in [0.25, 0.3) is 0 Å². The van der Waals surface area contributed by atoms with E-state index in [1.54, 1.807) is 12.4 Å². The fraction of sp³-hybridized carbons (Fsp3) is 0.250. The van der Waals surface area contributed by atoms with Crippen molar-refractivity contribution in [1.29, 1.82) is 0 Å². The number of hydrogen-bond acceptors (Lipinski definition) is 3. The Morgan fingerprint density at radius 1 is 1.21 bits per heavy atom. The summed E-state index contributed by atoms with van der Waals surface area (Å²) in [5.74, 6) is 0.760. The van der Waals surface area contributed by atoms with Crippen LogP contribution in [0.5, 0.6) is 5.75 Å². The van der Waals surface area contributed by atoms with Crippen molar-refractivity contribution in [3.63, 3.8) is 0 Å². The van der Waals surface area contributed by atoms with E-state index in [9.17, 15) is 0 Å². The molecule has 0 amide bonds. The minimum Gasteiger partial charge on any atom is -0.489 e. The van der Waals surface area contributed by atoms with Crippen LogP contribution in [0.4, 0.5) is 0 Å². The van der Waals surface area contributed by atoms with E-state index in [4.69, 9.17) is 27.9 Å². The summed E-state index contributed by atoms with van der Waals surface area (Å²) in [6, 6.07) is 5.94. The fourth-order valence-corrected chi connectivity index (χ4v) is 4.18. The molecule has 0 aliphatic heterocycles. The number of aryl methyl sites for hydroxylation is 1. The molecular weight excluding hydrogens is 479 g/mol. The van der Waals surface area contributed by atoms with E-state index in [0.29, 0.717) is 23.0 Å². The number of pyridine rings is 1. The van der Waals surface area contributed by atoms with Gasteiger partial charge in [-0.05, 0) is 47.2 Å². The van der Waals surface area contributed by atoms with Crippen molar-refractivity contribution in [1.82, 2.24) is 14.5 Å². The predicted molar refractivity (Wildman–Crippen MR) is 112 cm³/mol. The molecule has 2 heterocycles. The first-order chi connectivity index (χ1) is 11.6. The lowest BCUT2D eigenvalue weighted by Gasteiger charge is -2.09. The lowest BCUT2D eigenvalue weighted by atomic mass is 10.2. The van der Waals surface area contributed by atoms with Crippen molar-refractivity contribution >= 4 is 62.5 Å². The van der Waals surface area contributed by atoms with Gasteiger partial charge in [-0.3, -0.25) is 4.98 Å². The van der Waals surface area contributed by atoms with E-state index < -0.39 is 0 Å². The Morgan fingerprint density at radius 3 is 2.50 bits per heavy atom. The molecule has 0 fully saturated rings. The van der Waals surface area contributed by atoms with E-state index >= 15 is 0 Å². The normalized spacial score (nSPS) is 10.9. The van der Waals surface area contributed by atoms with E-state index in [2.05, 4.69) is 32.1 Å². The van der Waals surface area contributed by atoms with Gasteiger partial charge < -0.3 is 4.74 Å². The third-order valence-corrected chi connectivity index (χ3v) is 5.77. The van der Waals surface area contributed by atoms with Crippen LogP contribution in [0.25, 0.3) is 10.9 Å². The summed E-state index contributed by atoms with van der Waals surface area (Å²) in [4.78, 5) is 3.93. The summed E-state index contributed by atoms with van der Waals surface area (Å²) in [5.41, 5.74) is 2.83. The van der Waals surface area contributed by atoms with Gasteiger partial charge in [0, 0.05) is 23.3 Å². The topological polar surface area (TPSA) is 39.9 Å². The van der Waals surface area contributed by atoms with Crippen LogP contribution in [0.15, 0.2) is 30.6 Å². The molecule has 0 bridgehead atoms. The van der Waals surface area contributed by atoms with Crippen molar-refractivity contribution < 1.29 is 4.74 Å². The number of halogens is 3. The van der Waals surface area contributed by atoms with Gasteiger partial charge in [0.15, 0.2) is 0 Å². The van der Waals surface area contributed by atoms with E-state index in [1.165, 1.54) is 0 Å². The van der Waals surface area contributed by atoms with Crippen LogP contribution in [0.1, 0.15) is 25.1 Å². The van der Waals surface area contributed by atoms with Gasteiger partial charge in [0.2, 0.25) is 0 Å². The first-order valence-corrected chi connectivity index (χ1v) is 12.2. The van der Waals surface area contributed by atoms with Crippen LogP contribution in [0.2, 0.25) is 10.0 Å². The van der Waals surface area contributed by atoms with Gasteiger partial charge >= 0.3 is 0 Å². The van der Waals surface area contributed by atoms with Crippen molar-refractivity contribution in [3.8, 4) is 5.75 Å². The van der Waals surface area contributed by atoms with Gasteiger partial charge in [-0.25, -0.2) is 4.45 Å². The molecule has 0 N–H and O–H groups in total. The molecule has 3 rings (SSSR count). The zero-order chi connectivity index (χ0) is 17.7. The molecule has 0 aliphatic rings. The molecular formula is C16H17Cl2IN3OP. The lowest BCUT2D eigenvalue weighted by Crippen LogP contribution is -1.98. The molecule has 0 spiro atoms. The third kappa shape index (κ3) is 4.31. The van der Waals surface area contributed by atoms with Crippen LogP contribution >= 0.6 is 51.6 Å². The number of benzene rings is 1. The quantitative estimate of drug-likeness (QED) is 0.308. The standard InChI is InChI=1S/C14H11Cl2IN3OP.C2H6/c1-8-10-4-9(2-3-14(10)20(19-8)22-17)21-7-11-12(15)5-18-6-13(11)16;1-2/h2-6,22H,7H2,1H3;1-2H3. The Kier molecular flexibility index (Phi) is 7.54. The molecule has 3 aromatic rings. The number of hydrogen-bond donors (Lipinski definition) is 0. The Labute approximate surface area is 166 Å². The SMILES string of the molecule is CC.Cc1nn(PI)c2ccc(OCc3c(Cl)cncc3Cl)cc12. The number of aromatic nitrogens is 3. The summed E-state index contributed by atoms with van der Waals surface area (Å²) < 4.78 is 7.82. The van der Waals surface area contributed by atoms with Crippen molar-refractivity contribution in [3.05, 3.63) is 51.9 Å². The molecule has 2 aromatic heterocycles. The Balaban J connectivity index is 0.00000100. The third-order valence-electron chi connectivity index (χ3n) is 3.25. The Morgan fingerprint density at radius 2 is 1.88 bits per heavy atom. The molecule has 0 saturated carbocycles. The Hall–Kier alpha value is -0.620. The predicted octanol–water partition coefficient (Wildman–Crippen LogP) is 6.44. The average Bonchev–Trinajstić information content (AvgIpc) is 2.92. The highest BCUT2D eigenvalue weighted by molar-refractivity contribution is 14.2. The lowest BCUT2D eigenvalue weighted by molar-refractivity contribution is 0.306. The summed E-state index contributed by atoms with van der Waals surface area (Å²) in [7, 11) is 0. The summed E-state index contributed by atoms with van der Waals surface area (Å²) in [6.45, 7) is 6.29. The highest BCUT2D eigenvalue weighted by atomic mass is 127. The molecule has 128 valence electrons. The summed E-state index contributed by atoms with van der Waals surface area (Å²) >= 11 is 14.5. The average molecular weight is 496 g/mol. The minimum atomic E-state index is 0.299. The van der Waals surface area contributed by atoms with Crippen molar-refractivity contribution in [2.45, 2.75) is 27.4 Å². The van der Waals surface area contributed by atoms with Gasteiger partial charge in [0.1, 0.15) is 12.4 Å². The molecule has 1 aromatic carbocycles. The largest absolute Gasteiger partial charge is 0.489 e. The van der Waals surface area contributed by atoms with Gasteiger partial charge in [-0.15, -0.1) is 0 Å². The molecule has 24 heavy (non-hydrogen) atoms. The molecule has 0 aliphatic carbocycles. The second kappa shape index (κ2) is 9.18. The summed E-state index contributed by atoms with van der Waals surface area (Å²) in [5, 5.41) is 6.61. The van der Waals surface area contributed by atoms with Crippen molar-refractivity contribution in [2.24, 2.45) is 0 Å². The molecule has 0 saturated heterocycles. The smallest absolute Gasteiger partial charge is 0.120 e. The van der Waals surface area contributed by atoms with E-state index in [1.807, 2.05) is 43.4 Å². The molecule has 0 radical (unpaired) electrons. The molecule has 1 unspecified atom stereocenters. The number of rotatable bonds is 4. The van der Waals surface area contributed by atoms with Gasteiger partial charge in [-0.2, -0.15) is 5.10 Å². The van der Waals surface area contributed by atoms with E-state index in [-0.39, 0.29) is 0 Å². The molecule has 4 nitrogen and oxygen atoms in total. The highest BCUT2D eigenvalue weighted by Gasteiger charge is 2.10. The van der Waals surface area contributed by atoms with Gasteiger partial charge in [-0.1, -0.05) is 37.0 Å². The minimum absolute atomic E-state index is 0.299. The maximum Gasteiger partial charge on any atom is 0.120 e.